The van der Waals surface area contributed by atoms with E-state index in [1.54, 1.807) is 0 Å². The maximum Gasteiger partial charge on any atom is 0.224 e. The minimum Gasteiger partial charge on any atom is -0.376 e. The summed E-state index contributed by atoms with van der Waals surface area (Å²) in [7, 11) is -3.32. The molecule has 0 bridgehead atoms. The number of hydrogen-bond donors (Lipinski definition) is 1. The maximum absolute atomic E-state index is 12.7. The van der Waals surface area contributed by atoms with Crippen molar-refractivity contribution in [3.63, 3.8) is 0 Å². The van der Waals surface area contributed by atoms with Gasteiger partial charge in [-0.05, 0) is 44.1 Å². The van der Waals surface area contributed by atoms with Crippen molar-refractivity contribution < 1.29 is 17.9 Å². The Balaban J connectivity index is 1.46. The number of piperidine rings is 1. The average Bonchev–Trinajstić information content (AvgIpc) is 3.20. The molecule has 2 atom stereocenters. The maximum atomic E-state index is 12.7. The molecular weight excluding hydrogens is 364 g/mol. The molecule has 1 aromatic rings. The van der Waals surface area contributed by atoms with Crippen molar-refractivity contribution in [2.75, 3.05) is 32.0 Å². The van der Waals surface area contributed by atoms with Crippen LogP contribution in [-0.2, 0) is 26.0 Å². The molecule has 7 heteroatoms. The monoisotopic (exact) mass is 394 g/mol. The first-order valence-electron chi connectivity index (χ1n) is 9.95. The minimum atomic E-state index is -3.32. The summed E-state index contributed by atoms with van der Waals surface area (Å²) < 4.78 is 32.4. The first-order valence-corrected chi connectivity index (χ1v) is 11.6. The second kappa shape index (κ2) is 9.66. The van der Waals surface area contributed by atoms with Gasteiger partial charge >= 0.3 is 0 Å². The van der Waals surface area contributed by atoms with Crippen LogP contribution in [0.2, 0.25) is 0 Å². The van der Waals surface area contributed by atoms with E-state index in [2.05, 4.69) is 5.32 Å². The minimum absolute atomic E-state index is 0.0466. The lowest BCUT2D eigenvalue weighted by Gasteiger charge is -2.31. The van der Waals surface area contributed by atoms with E-state index in [9.17, 15) is 13.2 Å². The normalized spacial score (nSPS) is 24.0. The van der Waals surface area contributed by atoms with Crippen LogP contribution in [-0.4, -0.2) is 56.7 Å². The highest BCUT2D eigenvalue weighted by Crippen LogP contribution is 2.21. The van der Waals surface area contributed by atoms with Crippen LogP contribution < -0.4 is 5.32 Å². The van der Waals surface area contributed by atoms with E-state index in [0.717, 1.165) is 44.3 Å². The number of aryl methyl sites for hydroxylation is 1. The summed E-state index contributed by atoms with van der Waals surface area (Å²) in [5.41, 5.74) is 1.15. The molecule has 0 saturated carbocycles. The third-order valence-corrected chi connectivity index (χ3v) is 7.31. The summed E-state index contributed by atoms with van der Waals surface area (Å²) in [6.45, 7) is 2.10. The molecule has 2 aliphatic heterocycles. The van der Waals surface area contributed by atoms with Gasteiger partial charge in [0.2, 0.25) is 15.9 Å². The van der Waals surface area contributed by atoms with Crippen LogP contribution in [0.25, 0.3) is 0 Å². The SMILES string of the molecule is O=C(NCC1CCCO1)C1CCCN(S(=O)(=O)CCCc2ccccc2)C1. The number of sulfonamides is 1. The van der Waals surface area contributed by atoms with E-state index in [4.69, 9.17) is 4.74 Å². The number of benzene rings is 1. The number of carbonyl (C=O) groups excluding carboxylic acids is 1. The van der Waals surface area contributed by atoms with Crippen molar-refractivity contribution in [2.45, 2.75) is 44.6 Å². The molecule has 0 aliphatic carbocycles. The summed E-state index contributed by atoms with van der Waals surface area (Å²) in [6.07, 6.45) is 4.95. The number of nitrogens with zero attached hydrogens (tertiary/aromatic N) is 1. The third kappa shape index (κ3) is 6.02. The summed E-state index contributed by atoms with van der Waals surface area (Å²) >= 11 is 0. The number of rotatable bonds is 8. The van der Waals surface area contributed by atoms with Gasteiger partial charge in [-0.3, -0.25) is 4.79 Å². The molecule has 1 N–H and O–H groups in total. The molecule has 2 aliphatic rings. The fourth-order valence-electron chi connectivity index (χ4n) is 3.81. The largest absolute Gasteiger partial charge is 0.376 e. The molecule has 1 aromatic carbocycles. The van der Waals surface area contributed by atoms with Gasteiger partial charge in [0.25, 0.3) is 0 Å². The lowest BCUT2D eigenvalue weighted by Crippen LogP contribution is -2.47. The Bertz CT molecular complexity index is 702. The Hall–Kier alpha value is -1.44. The molecule has 2 unspecified atom stereocenters. The predicted molar refractivity (Wildman–Crippen MR) is 105 cm³/mol. The summed E-state index contributed by atoms with van der Waals surface area (Å²) in [5.74, 6) is -0.176. The number of carbonyl (C=O) groups is 1. The van der Waals surface area contributed by atoms with E-state index < -0.39 is 10.0 Å². The lowest BCUT2D eigenvalue weighted by molar-refractivity contribution is -0.126. The molecule has 2 fully saturated rings. The second-order valence-corrected chi connectivity index (χ2v) is 9.57. The highest BCUT2D eigenvalue weighted by Gasteiger charge is 2.32. The van der Waals surface area contributed by atoms with Crippen LogP contribution in [0.5, 0.6) is 0 Å². The van der Waals surface area contributed by atoms with Crippen molar-refractivity contribution in [2.24, 2.45) is 5.92 Å². The van der Waals surface area contributed by atoms with Gasteiger partial charge in [0.15, 0.2) is 0 Å². The van der Waals surface area contributed by atoms with Crippen LogP contribution in [0.3, 0.4) is 0 Å². The Labute approximate surface area is 162 Å². The van der Waals surface area contributed by atoms with Crippen LogP contribution in [0.4, 0.5) is 0 Å². The average molecular weight is 395 g/mol. The third-order valence-electron chi connectivity index (χ3n) is 5.39. The quantitative estimate of drug-likeness (QED) is 0.731. The van der Waals surface area contributed by atoms with Gasteiger partial charge in [0.1, 0.15) is 0 Å². The zero-order chi connectivity index (χ0) is 19.1. The van der Waals surface area contributed by atoms with Crippen LogP contribution in [0.15, 0.2) is 30.3 Å². The smallest absolute Gasteiger partial charge is 0.224 e. The summed E-state index contributed by atoms with van der Waals surface area (Å²) in [6, 6.07) is 9.92. The van der Waals surface area contributed by atoms with Gasteiger partial charge in [-0.15, -0.1) is 0 Å². The zero-order valence-corrected chi connectivity index (χ0v) is 16.6. The standard InChI is InChI=1S/C20H30N2O4S/c23-20(21-15-19-11-5-13-26-19)18-10-4-12-22(16-18)27(24,25)14-6-9-17-7-2-1-3-8-17/h1-3,7-8,18-19H,4-6,9-16H2,(H,21,23). The van der Waals surface area contributed by atoms with E-state index in [1.165, 1.54) is 4.31 Å². The Morgan fingerprint density at radius 2 is 2.00 bits per heavy atom. The topological polar surface area (TPSA) is 75.7 Å². The molecule has 6 nitrogen and oxygen atoms in total. The molecule has 150 valence electrons. The fourth-order valence-corrected chi connectivity index (χ4v) is 5.39. The van der Waals surface area contributed by atoms with Crippen LogP contribution in [0, 0.1) is 5.92 Å². The molecule has 0 spiro atoms. The molecule has 1 amide bonds. The summed E-state index contributed by atoms with van der Waals surface area (Å²) in [4.78, 5) is 12.4. The van der Waals surface area contributed by atoms with Crippen molar-refractivity contribution in [3.8, 4) is 0 Å². The predicted octanol–water partition coefficient (Wildman–Crippen LogP) is 1.96. The number of amides is 1. The van der Waals surface area contributed by atoms with E-state index in [1.807, 2.05) is 30.3 Å². The molecule has 3 rings (SSSR count). The highest BCUT2D eigenvalue weighted by atomic mass is 32.2. The van der Waals surface area contributed by atoms with Crippen molar-refractivity contribution in [1.82, 2.24) is 9.62 Å². The number of ether oxygens (including phenoxy) is 1. The van der Waals surface area contributed by atoms with Gasteiger partial charge in [-0.25, -0.2) is 12.7 Å². The molecule has 0 radical (unpaired) electrons. The first-order chi connectivity index (χ1) is 13.0. The molecule has 2 heterocycles. The van der Waals surface area contributed by atoms with Crippen molar-refractivity contribution >= 4 is 15.9 Å². The Kier molecular flexibility index (Phi) is 7.26. The first kappa shape index (κ1) is 20.3. The zero-order valence-electron chi connectivity index (χ0n) is 15.8. The molecule has 27 heavy (non-hydrogen) atoms. The molecular formula is C20H30N2O4S. The van der Waals surface area contributed by atoms with Gasteiger partial charge < -0.3 is 10.1 Å². The van der Waals surface area contributed by atoms with E-state index in [-0.39, 0.29) is 23.7 Å². The van der Waals surface area contributed by atoms with Gasteiger partial charge in [0, 0.05) is 26.2 Å². The second-order valence-electron chi connectivity index (χ2n) is 7.48. The molecule has 2 saturated heterocycles. The van der Waals surface area contributed by atoms with Gasteiger partial charge in [-0.1, -0.05) is 30.3 Å². The lowest BCUT2D eigenvalue weighted by atomic mass is 9.99. The van der Waals surface area contributed by atoms with E-state index >= 15 is 0 Å². The van der Waals surface area contributed by atoms with Crippen molar-refractivity contribution in [3.05, 3.63) is 35.9 Å². The van der Waals surface area contributed by atoms with Crippen LogP contribution in [0.1, 0.15) is 37.7 Å². The molecule has 0 aromatic heterocycles. The highest BCUT2D eigenvalue weighted by molar-refractivity contribution is 7.89. The summed E-state index contributed by atoms with van der Waals surface area (Å²) in [5, 5.41) is 2.95. The van der Waals surface area contributed by atoms with Crippen LogP contribution >= 0.6 is 0 Å². The van der Waals surface area contributed by atoms with E-state index in [0.29, 0.717) is 26.1 Å². The number of nitrogens with one attached hydrogen (secondary N) is 1. The number of hydrogen-bond acceptors (Lipinski definition) is 4. The van der Waals surface area contributed by atoms with Gasteiger partial charge in [-0.2, -0.15) is 0 Å². The Morgan fingerprint density at radius 1 is 1.19 bits per heavy atom. The van der Waals surface area contributed by atoms with Crippen molar-refractivity contribution in [1.29, 1.82) is 0 Å². The Morgan fingerprint density at radius 3 is 2.74 bits per heavy atom. The fraction of sp³-hybridized carbons (Fsp3) is 0.650. The van der Waals surface area contributed by atoms with Gasteiger partial charge in [0.05, 0.1) is 17.8 Å².